The van der Waals surface area contributed by atoms with Gasteiger partial charge in [-0.05, 0) is 38.0 Å². The molecule has 0 aromatic heterocycles. The minimum absolute atomic E-state index is 0.00767. The van der Waals surface area contributed by atoms with Crippen LogP contribution >= 0.6 is 0 Å². The Hall–Kier alpha value is -1.60. The Morgan fingerprint density at radius 3 is 2.63 bits per heavy atom. The van der Waals surface area contributed by atoms with E-state index in [9.17, 15) is 13.2 Å². The van der Waals surface area contributed by atoms with Gasteiger partial charge < -0.3 is 10.4 Å². The molecule has 0 aliphatic heterocycles. The normalized spacial score (nSPS) is 15.2. The van der Waals surface area contributed by atoms with Crippen LogP contribution in [0, 0.1) is 0 Å². The highest BCUT2D eigenvalue weighted by molar-refractivity contribution is 7.89. The van der Waals surface area contributed by atoms with Gasteiger partial charge in [0.1, 0.15) is 0 Å². The molecule has 104 valence electrons. The van der Waals surface area contributed by atoms with Crippen molar-refractivity contribution in [2.45, 2.75) is 30.7 Å². The van der Waals surface area contributed by atoms with Crippen molar-refractivity contribution in [3.63, 3.8) is 0 Å². The van der Waals surface area contributed by atoms with Gasteiger partial charge in [0.25, 0.3) is 0 Å². The van der Waals surface area contributed by atoms with Crippen LogP contribution in [0.5, 0.6) is 0 Å². The van der Waals surface area contributed by atoms with Gasteiger partial charge in [-0.25, -0.2) is 17.9 Å². The summed E-state index contributed by atoms with van der Waals surface area (Å²) in [4.78, 5) is 11.1. The van der Waals surface area contributed by atoms with E-state index in [0.29, 0.717) is 12.2 Å². The average Bonchev–Trinajstić information content (AvgIpc) is 3.12. The summed E-state index contributed by atoms with van der Waals surface area (Å²) < 4.78 is 26.5. The Labute approximate surface area is 111 Å². The predicted octanol–water partition coefficient (Wildman–Crippen LogP) is 1.26. The molecular weight excluding hydrogens is 268 g/mol. The zero-order valence-electron chi connectivity index (χ0n) is 10.5. The van der Waals surface area contributed by atoms with Crippen molar-refractivity contribution in [3.05, 3.63) is 23.8 Å². The highest BCUT2D eigenvalue weighted by Crippen LogP contribution is 2.24. The second kappa shape index (κ2) is 5.18. The maximum atomic E-state index is 12.0. The quantitative estimate of drug-likeness (QED) is 0.731. The lowest BCUT2D eigenvalue weighted by atomic mass is 10.2. The molecule has 1 aliphatic rings. The van der Waals surface area contributed by atoms with Gasteiger partial charge in [0.05, 0.1) is 10.5 Å². The summed E-state index contributed by atoms with van der Waals surface area (Å²) in [5.41, 5.74) is 0.376. The second-order valence-corrected chi connectivity index (χ2v) is 6.15. The third kappa shape index (κ3) is 3.24. The third-order valence-corrected chi connectivity index (χ3v) is 4.32. The summed E-state index contributed by atoms with van der Waals surface area (Å²) in [6.07, 6.45) is 1.67. The molecule has 7 heteroatoms. The number of hydrogen-bond acceptors (Lipinski definition) is 4. The van der Waals surface area contributed by atoms with Gasteiger partial charge in [0.15, 0.2) is 0 Å². The first-order valence-electron chi connectivity index (χ1n) is 6.07. The molecule has 0 atom stereocenters. The number of benzene rings is 1. The van der Waals surface area contributed by atoms with Crippen LogP contribution in [0.15, 0.2) is 23.1 Å². The van der Waals surface area contributed by atoms with Crippen LogP contribution in [0.25, 0.3) is 0 Å². The van der Waals surface area contributed by atoms with Gasteiger partial charge in [-0.3, -0.25) is 0 Å². The number of aromatic carboxylic acids is 1. The molecule has 19 heavy (non-hydrogen) atoms. The number of rotatable bonds is 6. The fourth-order valence-electron chi connectivity index (χ4n) is 1.70. The number of carboxylic acids is 1. The lowest BCUT2D eigenvalue weighted by molar-refractivity contribution is 0.0697. The Balaban J connectivity index is 2.36. The van der Waals surface area contributed by atoms with E-state index < -0.39 is 16.0 Å². The van der Waals surface area contributed by atoms with Crippen LogP contribution in [0.1, 0.15) is 30.1 Å². The molecule has 0 spiro atoms. The molecule has 0 unspecified atom stereocenters. The highest BCUT2D eigenvalue weighted by atomic mass is 32.2. The van der Waals surface area contributed by atoms with E-state index in [-0.39, 0.29) is 16.5 Å². The van der Waals surface area contributed by atoms with Crippen LogP contribution in [0.2, 0.25) is 0 Å². The topological polar surface area (TPSA) is 95.5 Å². The van der Waals surface area contributed by atoms with Crippen LogP contribution < -0.4 is 10.0 Å². The molecule has 2 rings (SSSR count). The number of sulfonamides is 1. The van der Waals surface area contributed by atoms with Gasteiger partial charge in [0, 0.05) is 18.3 Å². The lowest BCUT2D eigenvalue weighted by Gasteiger charge is -2.10. The third-order valence-electron chi connectivity index (χ3n) is 2.80. The number of anilines is 1. The SMILES string of the molecule is CCNc1ccc(S(=O)(=O)NC2CC2)cc1C(=O)O. The Morgan fingerprint density at radius 2 is 2.11 bits per heavy atom. The zero-order valence-corrected chi connectivity index (χ0v) is 11.3. The van der Waals surface area contributed by atoms with Crippen LogP contribution in [0.3, 0.4) is 0 Å². The molecular formula is C12H16N2O4S. The molecule has 0 heterocycles. The van der Waals surface area contributed by atoms with Gasteiger partial charge in [0.2, 0.25) is 10.0 Å². The first kappa shape index (κ1) is 13.8. The van der Waals surface area contributed by atoms with E-state index in [0.717, 1.165) is 12.8 Å². The van der Waals surface area contributed by atoms with Crippen LogP contribution in [-0.4, -0.2) is 32.1 Å². The summed E-state index contributed by atoms with van der Waals surface area (Å²) >= 11 is 0. The van der Waals surface area contributed by atoms with E-state index >= 15 is 0 Å². The van der Waals surface area contributed by atoms with Crippen molar-refractivity contribution < 1.29 is 18.3 Å². The second-order valence-electron chi connectivity index (χ2n) is 4.44. The average molecular weight is 284 g/mol. The maximum Gasteiger partial charge on any atom is 0.337 e. The Bertz CT molecular complexity index is 594. The maximum absolute atomic E-state index is 12.0. The smallest absolute Gasteiger partial charge is 0.337 e. The van der Waals surface area contributed by atoms with Crippen molar-refractivity contribution in [2.24, 2.45) is 0 Å². The Morgan fingerprint density at radius 1 is 1.42 bits per heavy atom. The Kier molecular flexibility index (Phi) is 3.77. The minimum atomic E-state index is -3.63. The molecule has 1 saturated carbocycles. The molecule has 0 radical (unpaired) electrons. The first-order chi connectivity index (χ1) is 8.94. The van der Waals surface area contributed by atoms with E-state index in [4.69, 9.17) is 5.11 Å². The molecule has 1 aromatic rings. The van der Waals surface area contributed by atoms with E-state index in [2.05, 4.69) is 10.0 Å². The van der Waals surface area contributed by atoms with E-state index in [1.165, 1.54) is 18.2 Å². The molecule has 3 N–H and O–H groups in total. The first-order valence-corrected chi connectivity index (χ1v) is 7.56. The van der Waals surface area contributed by atoms with Gasteiger partial charge >= 0.3 is 5.97 Å². The molecule has 0 bridgehead atoms. The standard InChI is InChI=1S/C12H16N2O4S/c1-2-13-11-6-5-9(7-10(11)12(15)16)19(17,18)14-8-3-4-8/h5-8,13-14H,2-4H2,1H3,(H,15,16). The summed E-state index contributed by atoms with van der Waals surface area (Å²) in [5.74, 6) is -1.15. The van der Waals surface area contributed by atoms with Crippen molar-refractivity contribution >= 4 is 21.7 Å². The molecule has 0 amide bonds. The lowest BCUT2D eigenvalue weighted by Crippen LogP contribution is -2.26. The monoisotopic (exact) mass is 284 g/mol. The van der Waals surface area contributed by atoms with Crippen molar-refractivity contribution in [1.82, 2.24) is 4.72 Å². The van der Waals surface area contributed by atoms with E-state index in [1.807, 2.05) is 6.92 Å². The molecule has 1 aliphatic carbocycles. The number of nitrogens with one attached hydrogen (secondary N) is 2. The van der Waals surface area contributed by atoms with Crippen LogP contribution in [0.4, 0.5) is 5.69 Å². The fraction of sp³-hybridized carbons (Fsp3) is 0.417. The molecule has 0 saturated heterocycles. The summed E-state index contributed by atoms with van der Waals surface area (Å²) in [5, 5.41) is 12.0. The molecule has 1 fully saturated rings. The number of carbonyl (C=O) groups is 1. The largest absolute Gasteiger partial charge is 0.478 e. The minimum Gasteiger partial charge on any atom is -0.478 e. The summed E-state index contributed by atoms with van der Waals surface area (Å²) in [6, 6.07) is 4.07. The molecule has 6 nitrogen and oxygen atoms in total. The molecule has 1 aromatic carbocycles. The van der Waals surface area contributed by atoms with Gasteiger partial charge in [-0.15, -0.1) is 0 Å². The fourth-order valence-corrected chi connectivity index (χ4v) is 3.03. The zero-order chi connectivity index (χ0) is 14.0. The summed E-state index contributed by atoms with van der Waals surface area (Å²) in [6.45, 7) is 2.40. The van der Waals surface area contributed by atoms with Gasteiger partial charge in [-0.1, -0.05) is 0 Å². The van der Waals surface area contributed by atoms with Crippen molar-refractivity contribution in [3.8, 4) is 0 Å². The number of carboxylic acid groups (broad SMARTS) is 1. The van der Waals surface area contributed by atoms with Gasteiger partial charge in [-0.2, -0.15) is 0 Å². The predicted molar refractivity (Wildman–Crippen MR) is 70.9 cm³/mol. The highest BCUT2D eigenvalue weighted by Gasteiger charge is 2.28. The van der Waals surface area contributed by atoms with Crippen molar-refractivity contribution in [1.29, 1.82) is 0 Å². The van der Waals surface area contributed by atoms with E-state index in [1.54, 1.807) is 0 Å². The number of hydrogen-bond donors (Lipinski definition) is 3. The van der Waals surface area contributed by atoms with Crippen molar-refractivity contribution in [2.75, 3.05) is 11.9 Å². The van der Waals surface area contributed by atoms with Crippen LogP contribution in [-0.2, 0) is 10.0 Å². The summed E-state index contributed by atoms with van der Waals surface area (Å²) in [7, 11) is -3.63.